The molecule has 0 aliphatic rings. The van der Waals surface area contributed by atoms with E-state index in [1.165, 1.54) is 5.56 Å². The minimum atomic E-state index is 0.0837. The van der Waals surface area contributed by atoms with E-state index >= 15 is 0 Å². The number of nitrogens with zero attached hydrogens (tertiary/aromatic N) is 2. The van der Waals surface area contributed by atoms with Crippen LogP contribution in [0.4, 0.5) is 0 Å². The molecule has 0 unspecified atom stereocenters. The monoisotopic (exact) mass is 334 g/mol. The molecule has 1 aromatic heterocycles. The fourth-order valence-electron chi connectivity index (χ4n) is 2.04. The third kappa shape index (κ3) is 3.18. The Morgan fingerprint density at radius 2 is 1.80 bits per heavy atom. The number of halogens is 1. The van der Waals surface area contributed by atoms with Crippen LogP contribution in [0.15, 0.2) is 29.0 Å². The van der Waals surface area contributed by atoms with E-state index in [0.29, 0.717) is 4.73 Å². The molecule has 1 heterocycles. The van der Waals surface area contributed by atoms with Crippen molar-refractivity contribution < 1.29 is 4.74 Å². The predicted molar refractivity (Wildman–Crippen MR) is 85.2 cm³/mol. The summed E-state index contributed by atoms with van der Waals surface area (Å²) in [6.07, 6.45) is 0. The summed E-state index contributed by atoms with van der Waals surface area (Å²) < 4.78 is 6.06. The zero-order chi connectivity index (χ0) is 14.9. The van der Waals surface area contributed by atoms with Gasteiger partial charge in [0.05, 0.1) is 12.8 Å². The summed E-state index contributed by atoms with van der Waals surface area (Å²) in [5.74, 6) is 0.822. The minimum Gasteiger partial charge on any atom is -0.496 e. The Morgan fingerprint density at radius 1 is 1.10 bits per heavy atom. The Bertz CT molecular complexity index is 613. The summed E-state index contributed by atoms with van der Waals surface area (Å²) in [7, 11) is 1.68. The van der Waals surface area contributed by atoms with Gasteiger partial charge in [-0.25, -0.2) is 9.97 Å². The summed E-state index contributed by atoms with van der Waals surface area (Å²) in [5, 5.41) is 0. The van der Waals surface area contributed by atoms with Crippen molar-refractivity contribution in [3.63, 3.8) is 0 Å². The quantitative estimate of drug-likeness (QED) is 0.757. The lowest BCUT2D eigenvalue weighted by atomic mass is 9.85. The van der Waals surface area contributed by atoms with Crippen LogP contribution in [-0.2, 0) is 5.41 Å². The molecular weight excluding hydrogens is 316 g/mol. The molecule has 0 saturated heterocycles. The highest BCUT2D eigenvalue weighted by molar-refractivity contribution is 9.10. The van der Waals surface area contributed by atoms with Crippen LogP contribution in [0.3, 0.4) is 0 Å². The van der Waals surface area contributed by atoms with Gasteiger partial charge in [-0.05, 0) is 52.0 Å². The van der Waals surface area contributed by atoms with Gasteiger partial charge in [-0.2, -0.15) is 0 Å². The number of aryl methyl sites for hydroxylation is 1. The Morgan fingerprint density at radius 3 is 2.35 bits per heavy atom. The second-order valence-corrected chi connectivity index (χ2v) is 6.54. The van der Waals surface area contributed by atoms with Crippen LogP contribution in [0.25, 0.3) is 11.3 Å². The number of rotatable bonds is 2. The minimum absolute atomic E-state index is 0.0837. The molecule has 0 radical (unpaired) electrons. The predicted octanol–water partition coefficient (Wildman–Crippen LogP) is 4.52. The van der Waals surface area contributed by atoms with Gasteiger partial charge in [-0.15, -0.1) is 0 Å². The molecular formula is C16H19BrN2O. The van der Waals surface area contributed by atoms with E-state index in [-0.39, 0.29) is 5.41 Å². The van der Waals surface area contributed by atoms with E-state index in [4.69, 9.17) is 4.74 Å². The lowest BCUT2D eigenvalue weighted by Gasteiger charge is -2.21. The third-order valence-electron chi connectivity index (χ3n) is 3.17. The summed E-state index contributed by atoms with van der Waals surface area (Å²) in [6.45, 7) is 8.54. The summed E-state index contributed by atoms with van der Waals surface area (Å²) in [4.78, 5) is 8.71. The first kappa shape index (κ1) is 15.0. The van der Waals surface area contributed by atoms with Gasteiger partial charge in [0.2, 0.25) is 0 Å². The molecule has 2 aromatic rings. The van der Waals surface area contributed by atoms with E-state index < -0.39 is 0 Å². The summed E-state index contributed by atoms with van der Waals surface area (Å²) in [6, 6.07) is 8.22. The summed E-state index contributed by atoms with van der Waals surface area (Å²) in [5.41, 5.74) is 4.12. The molecule has 2 rings (SSSR count). The lowest BCUT2D eigenvalue weighted by Crippen LogP contribution is -2.11. The first-order chi connectivity index (χ1) is 9.31. The van der Waals surface area contributed by atoms with Crippen LogP contribution in [0, 0.1) is 6.92 Å². The molecule has 20 heavy (non-hydrogen) atoms. The Balaban J connectivity index is 2.64. The SMILES string of the molecule is COc1ccc(C(C)(C)C)cc1-c1cc(C)nc(Br)n1. The second-order valence-electron chi connectivity index (χ2n) is 5.83. The Kier molecular flexibility index (Phi) is 4.14. The summed E-state index contributed by atoms with van der Waals surface area (Å²) >= 11 is 3.35. The molecule has 3 nitrogen and oxygen atoms in total. The van der Waals surface area contributed by atoms with Gasteiger partial charge in [0, 0.05) is 11.3 Å². The number of ether oxygens (including phenoxy) is 1. The third-order valence-corrected chi connectivity index (χ3v) is 3.52. The van der Waals surface area contributed by atoms with Crippen molar-refractivity contribution in [1.29, 1.82) is 0 Å². The average molecular weight is 335 g/mol. The van der Waals surface area contributed by atoms with Crippen LogP contribution < -0.4 is 4.74 Å². The zero-order valence-corrected chi connectivity index (χ0v) is 14.1. The highest BCUT2D eigenvalue weighted by atomic mass is 79.9. The van der Waals surface area contributed by atoms with Crippen molar-refractivity contribution in [2.24, 2.45) is 0 Å². The molecule has 1 aromatic carbocycles. The number of hydrogen-bond donors (Lipinski definition) is 0. The maximum absolute atomic E-state index is 5.47. The van der Waals surface area contributed by atoms with Crippen molar-refractivity contribution in [2.75, 3.05) is 7.11 Å². The van der Waals surface area contributed by atoms with E-state index in [9.17, 15) is 0 Å². The molecule has 0 fully saturated rings. The van der Waals surface area contributed by atoms with E-state index in [2.05, 4.69) is 58.8 Å². The maximum Gasteiger partial charge on any atom is 0.197 e. The van der Waals surface area contributed by atoms with E-state index in [1.54, 1.807) is 7.11 Å². The van der Waals surface area contributed by atoms with Gasteiger partial charge in [0.15, 0.2) is 4.73 Å². The average Bonchev–Trinajstić information content (AvgIpc) is 2.35. The number of methoxy groups -OCH3 is 1. The highest BCUT2D eigenvalue weighted by Crippen LogP contribution is 2.34. The highest BCUT2D eigenvalue weighted by Gasteiger charge is 2.17. The van der Waals surface area contributed by atoms with Gasteiger partial charge in [0.25, 0.3) is 0 Å². The molecule has 0 aliphatic carbocycles. The van der Waals surface area contributed by atoms with Crippen molar-refractivity contribution in [3.8, 4) is 17.0 Å². The molecule has 0 atom stereocenters. The standard InChI is InChI=1S/C16H19BrN2O/c1-10-8-13(19-15(17)18-10)12-9-11(16(2,3)4)6-7-14(12)20-5/h6-9H,1-5H3. The molecule has 0 aliphatic heterocycles. The molecule has 0 N–H and O–H groups in total. The smallest absolute Gasteiger partial charge is 0.197 e. The normalized spacial score (nSPS) is 11.5. The van der Waals surface area contributed by atoms with Crippen molar-refractivity contribution in [3.05, 3.63) is 40.3 Å². The van der Waals surface area contributed by atoms with E-state index in [0.717, 1.165) is 22.7 Å². The number of benzene rings is 1. The largest absolute Gasteiger partial charge is 0.496 e. The lowest BCUT2D eigenvalue weighted by molar-refractivity contribution is 0.415. The topological polar surface area (TPSA) is 35.0 Å². The first-order valence-electron chi connectivity index (χ1n) is 6.51. The molecule has 0 amide bonds. The van der Waals surface area contributed by atoms with Crippen molar-refractivity contribution in [1.82, 2.24) is 9.97 Å². The molecule has 0 saturated carbocycles. The Hall–Kier alpha value is -1.42. The van der Waals surface area contributed by atoms with Crippen LogP contribution in [0.1, 0.15) is 32.0 Å². The molecule has 0 spiro atoms. The van der Waals surface area contributed by atoms with Gasteiger partial charge in [-0.3, -0.25) is 0 Å². The van der Waals surface area contributed by atoms with Gasteiger partial charge < -0.3 is 4.74 Å². The Labute approximate surface area is 128 Å². The molecule has 0 bridgehead atoms. The molecule has 106 valence electrons. The zero-order valence-electron chi connectivity index (χ0n) is 12.5. The van der Waals surface area contributed by atoms with Crippen molar-refractivity contribution >= 4 is 15.9 Å². The fraction of sp³-hybridized carbons (Fsp3) is 0.375. The first-order valence-corrected chi connectivity index (χ1v) is 7.30. The van der Waals surface area contributed by atoms with E-state index in [1.807, 2.05) is 19.1 Å². The second kappa shape index (κ2) is 5.52. The van der Waals surface area contributed by atoms with Crippen LogP contribution in [0.2, 0.25) is 0 Å². The van der Waals surface area contributed by atoms with Gasteiger partial charge >= 0.3 is 0 Å². The van der Waals surface area contributed by atoms with Crippen LogP contribution >= 0.6 is 15.9 Å². The fourth-order valence-corrected chi connectivity index (χ4v) is 2.52. The van der Waals surface area contributed by atoms with Crippen molar-refractivity contribution in [2.45, 2.75) is 33.1 Å². The van der Waals surface area contributed by atoms with Gasteiger partial charge in [0.1, 0.15) is 5.75 Å². The number of hydrogen-bond acceptors (Lipinski definition) is 3. The molecule has 4 heteroatoms. The van der Waals surface area contributed by atoms with Crippen LogP contribution in [-0.4, -0.2) is 17.1 Å². The van der Waals surface area contributed by atoms with Crippen LogP contribution in [0.5, 0.6) is 5.75 Å². The number of aromatic nitrogens is 2. The maximum atomic E-state index is 5.47. The van der Waals surface area contributed by atoms with Gasteiger partial charge in [-0.1, -0.05) is 26.8 Å².